The Morgan fingerprint density at radius 3 is 2.93 bits per heavy atom. The molecular formula is C10H12FNO2. The molecule has 1 atom stereocenters. The highest BCUT2D eigenvalue weighted by Gasteiger charge is 2.20. The third-order valence-corrected chi connectivity index (χ3v) is 2.14. The van der Waals surface area contributed by atoms with Crippen LogP contribution in [-0.2, 0) is 0 Å². The van der Waals surface area contributed by atoms with Crippen molar-refractivity contribution < 1.29 is 13.9 Å². The van der Waals surface area contributed by atoms with Gasteiger partial charge in [0.2, 0.25) is 0 Å². The second-order valence-corrected chi connectivity index (χ2v) is 3.07. The Morgan fingerprint density at radius 1 is 1.36 bits per heavy atom. The molecule has 76 valence electrons. The molecule has 1 aliphatic rings. The van der Waals surface area contributed by atoms with E-state index in [9.17, 15) is 4.39 Å². The van der Waals surface area contributed by atoms with Crippen LogP contribution in [0.15, 0.2) is 18.2 Å². The quantitative estimate of drug-likeness (QED) is 0.780. The Kier molecular flexibility index (Phi) is 2.54. The summed E-state index contributed by atoms with van der Waals surface area (Å²) in [7, 11) is 0. The molecule has 0 spiro atoms. The van der Waals surface area contributed by atoms with Crippen molar-refractivity contribution in [3.8, 4) is 11.5 Å². The first-order valence-corrected chi connectivity index (χ1v) is 4.55. The highest BCUT2D eigenvalue weighted by molar-refractivity contribution is 5.48. The van der Waals surface area contributed by atoms with E-state index < -0.39 is 6.17 Å². The molecule has 0 saturated carbocycles. The summed E-state index contributed by atoms with van der Waals surface area (Å²) in [6.07, 6.45) is -1.19. The number of alkyl halides is 1. The number of rotatable bonds is 2. The normalized spacial score (nSPS) is 16.4. The average Bonchev–Trinajstić information content (AvgIpc) is 2.27. The molecule has 0 aliphatic carbocycles. The number of ether oxygens (including phenoxy) is 2. The van der Waals surface area contributed by atoms with Gasteiger partial charge in [-0.25, -0.2) is 4.39 Å². The number of halogens is 1. The molecule has 0 bridgehead atoms. The lowest BCUT2D eigenvalue weighted by Crippen LogP contribution is -2.18. The second kappa shape index (κ2) is 3.84. The fourth-order valence-electron chi connectivity index (χ4n) is 1.47. The molecule has 1 aromatic rings. The monoisotopic (exact) mass is 197 g/mol. The zero-order chi connectivity index (χ0) is 9.97. The minimum absolute atomic E-state index is 0.0419. The summed E-state index contributed by atoms with van der Waals surface area (Å²) >= 11 is 0. The van der Waals surface area contributed by atoms with Crippen molar-refractivity contribution in [1.82, 2.24) is 0 Å². The lowest BCUT2D eigenvalue weighted by Gasteiger charge is -2.21. The summed E-state index contributed by atoms with van der Waals surface area (Å²) in [5, 5.41) is 0. The lowest BCUT2D eigenvalue weighted by molar-refractivity contribution is 0.166. The molecule has 4 heteroatoms. The van der Waals surface area contributed by atoms with Crippen LogP contribution in [0, 0.1) is 0 Å². The highest BCUT2D eigenvalue weighted by Crippen LogP contribution is 2.37. The van der Waals surface area contributed by atoms with E-state index in [1.165, 1.54) is 0 Å². The van der Waals surface area contributed by atoms with Crippen molar-refractivity contribution >= 4 is 0 Å². The predicted molar refractivity (Wildman–Crippen MR) is 50.3 cm³/mol. The second-order valence-electron chi connectivity index (χ2n) is 3.07. The van der Waals surface area contributed by atoms with Crippen molar-refractivity contribution in [1.29, 1.82) is 0 Å². The third kappa shape index (κ3) is 1.53. The topological polar surface area (TPSA) is 44.5 Å². The van der Waals surface area contributed by atoms with Gasteiger partial charge < -0.3 is 15.2 Å². The summed E-state index contributed by atoms with van der Waals surface area (Å²) in [6.45, 7) is 0.928. The van der Waals surface area contributed by atoms with Gasteiger partial charge in [-0.2, -0.15) is 0 Å². The Hall–Kier alpha value is -1.29. The minimum atomic E-state index is -1.19. The number of hydrogen-bond acceptors (Lipinski definition) is 3. The smallest absolute Gasteiger partial charge is 0.167 e. The molecule has 2 rings (SSSR count). The zero-order valence-corrected chi connectivity index (χ0v) is 7.70. The molecule has 1 aromatic carbocycles. The van der Waals surface area contributed by atoms with Gasteiger partial charge in [0.05, 0.1) is 0 Å². The molecule has 0 fully saturated rings. The summed E-state index contributed by atoms with van der Waals surface area (Å²) in [5.74, 6) is 1.10. The van der Waals surface area contributed by atoms with Gasteiger partial charge in [-0.1, -0.05) is 12.1 Å². The maximum absolute atomic E-state index is 13.4. The van der Waals surface area contributed by atoms with Crippen LogP contribution in [0.4, 0.5) is 4.39 Å². The fourth-order valence-corrected chi connectivity index (χ4v) is 1.47. The van der Waals surface area contributed by atoms with Crippen molar-refractivity contribution in [3.63, 3.8) is 0 Å². The maximum Gasteiger partial charge on any atom is 0.167 e. The SMILES string of the molecule is NCC(F)c1cccc2c1OCCO2. The molecule has 1 heterocycles. The molecule has 3 nitrogen and oxygen atoms in total. The van der Waals surface area contributed by atoms with E-state index in [0.29, 0.717) is 30.3 Å². The molecule has 0 saturated heterocycles. The van der Waals surface area contributed by atoms with Crippen LogP contribution in [0.25, 0.3) is 0 Å². The molecule has 0 aromatic heterocycles. The van der Waals surface area contributed by atoms with Crippen LogP contribution in [0.2, 0.25) is 0 Å². The summed E-state index contributed by atoms with van der Waals surface area (Å²) < 4.78 is 24.1. The molecule has 14 heavy (non-hydrogen) atoms. The number of para-hydroxylation sites is 1. The van der Waals surface area contributed by atoms with Gasteiger partial charge >= 0.3 is 0 Å². The van der Waals surface area contributed by atoms with Gasteiger partial charge in [0.25, 0.3) is 0 Å². The maximum atomic E-state index is 13.4. The van der Waals surface area contributed by atoms with Crippen LogP contribution < -0.4 is 15.2 Å². The van der Waals surface area contributed by atoms with E-state index in [4.69, 9.17) is 15.2 Å². The zero-order valence-electron chi connectivity index (χ0n) is 7.70. The number of benzene rings is 1. The van der Waals surface area contributed by atoms with Gasteiger partial charge in [-0.05, 0) is 6.07 Å². The van der Waals surface area contributed by atoms with Crippen LogP contribution in [0.5, 0.6) is 11.5 Å². The Labute approximate surface area is 81.6 Å². The van der Waals surface area contributed by atoms with Crippen LogP contribution in [0.3, 0.4) is 0 Å². The highest BCUT2D eigenvalue weighted by atomic mass is 19.1. The van der Waals surface area contributed by atoms with Crippen molar-refractivity contribution in [3.05, 3.63) is 23.8 Å². The lowest BCUT2D eigenvalue weighted by atomic mass is 10.1. The minimum Gasteiger partial charge on any atom is -0.486 e. The van der Waals surface area contributed by atoms with E-state index >= 15 is 0 Å². The predicted octanol–water partition coefficient (Wildman–Crippen LogP) is 1.43. The first kappa shape index (κ1) is 9.27. The third-order valence-electron chi connectivity index (χ3n) is 2.14. The van der Waals surface area contributed by atoms with Gasteiger partial charge in [0, 0.05) is 12.1 Å². The number of fused-ring (bicyclic) bond motifs is 1. The van der Waals surface area contributed by atoms with E-state index in [0.717, 1.165) is 0 Å². The standard InChI is InChI=1S/C10H12FNO2/c11-8(6-12)7-2-1-3-9-10(7)14-5-4-13-9/h1-3,8H,4-6,12H2. The largest absolute Gasteiger partial charge is 0.486 e. The van der Waals surface area contributed by atoms with E-state index in [1.54, 1.807) is 18.2 Å². The molecule has 1 unspecified atom stereocenters. The number of hydrogen-bond donors (Lipinski definition) is 1. The fraction of sp³-hybridized carbons (Fsp3) is 0.400. The molecule has 1 aliphatic heterocycles. The van der Waals surface area contributed by atoms with E-state index in [2.05, 4.69) is 0 Å². The van der Waals surface area contributed by atoms with Crippen molar-refractivity contribution in [2.75, 3.05) is 19.8 Å². The molecular weight excluding hydrogens is 185 g/mol. The first-order valence-electron chi connectivity index (χ1n) is 4.55. The van der Waals surface area contributed by atoms with Crippen LogP contribution in [-0.4, -0.2) is 19.8 Å². The van der Waals surface area contributed by atoms with Crippen molar-refractivity contribution in [2.45, 2.75) is 6.17 Å². The van der Waals surface area contributed by atoms with E-state index in [1.807, 2.05) is 0 Å². The Bertz CT molecular complexity index is 330. The number of nitrogens with two attached hydrogens (primary N) is 1. The van der Waals surface area contributed by atoms with Gasteiger partial charge in [0.15, 0.2) is 11.5 Å². The van der Waals surface area contributed by atoms with Crippen LogP contribution >= 0.6 is 0 Å². The van der Waals surface area contributed by atoms with Crippen LogP contribution in [0.1, 0.15) is 11.7 Å². The van der Waals surface area contributed by atoms with Crippen molar-refractivity contribution in [2.24, 2.45) is 5.73 Å². The summed E-state index contributed by atoms with van der Waals surface area (Å²) in [5.41, 5.74) is 5.74. The summed E-state index contributed by atoms with van der Waals surface area (Å²) in [6, 6.07) is 5.18. The molecule has 0 radical (unpaired) electrons. The first-order chi connectivity index (χ1) is 6.83. The Balaban J connectivity index is 2.39. The average molecular weight is 197 g/mol. The molecule has 0 amide bonds. The Morgan fingerprint density at radius 2 is 2.14 bits per heavy atom. The summed E-state index contributed by atoms with van der Waals surface area (Å²) in [4.78, 5) is 0. The van der Waals surface area contributed by atoms with Gasteiger partial charge in [-0.15, -0.1) is 0 Å². The van der Waals surface area contributed by atoms with Gasteiger partial charge in [-0.3, -0.25) is 0 Å². The molecule has 2 N–H and O–H groups in total. The van der Waals surface area contributed by atoms with Gasteiger partial charge in [0.1, 0.15) is 19.4 Å². The van der Waals surface area contributed by atoms with E-state index in [-0.39, 0.29) is 6.54 Å².